The maximum absolute atomic E-state index is 12.3. The number of aryl methyl sites for hydroxylation is 1. The molecule has 0 saturated carbocycles. The Labute approximate surface area is 131 Å². The van der Waals surface area contributed by atoms with Gasteiger partial charge >= 0.3 is 0 Å². The highest BCUT2D eigenvalue weighted by atomic mass is 16.5. The number of rotatable bonds is 3. The van der Waals surface area contributed by atoms with Crippen LogP contribution in [0.5, 0.6) is 11.5 Å². The zero-order valence-corrected chi connectivity index (χ0v) is 12.9. The Kier molecular flexibility index (Phi) is 4.83. The molecule has 1 aromatic rings. The Balaban J connectivity index is 1.57. The molecule has 1 saturated heterocycles. The van der Waals surface area contributed by atoms with Crippen LogP contribution in [0.3, 0.4) is 0 Å². The van der Waals surface area contributed by atoms with Crippen LogP contribution in [0.2, 0.25) is 0 Å². The minimum absolute atomic E-state index is 0.135. The summed E-state index contributed by atoms with van der Waals surface area (Å²) in [6.07, 6.45) is 4.17. The summed E-state index contributed by atoms with van der Waals surface area (Å²) in [5.41, 5.74) is 7.05. The van der Waals surface area contributed by atoms with Gasteiger partial charge in [-0.1, -0.05) is 6.07 Å². The predicted molar refractivity (Wildman–Crippen MR) is 84.2 cm³/mol. The van der Waals surface area contributed by atoms with Crippen molar-refractivity contribution in [2.45, 2.75) is 38.1 Å². The lowest BCUT2D eigenvalue weighted by atomic mass is 10.0. The third-order valence-corrected chi connectivity index (χ3v) is 4.25. The first kappa shape index (κ1) is 15.2. The monoisotopic (exact) mass is 304 g/mol. The fourth-order valence-corrected chi connectivity index (χ4v) is 3.01. The second-order valence-corrected chi connectivity index (χ2v) is 6.07. The van der Waals surface area contributed by atoms with E-state index in [1.807, 2.05) is 23.1 Å². The topological polar surface area (TPSA) is 64.8 Å². The van der Waals surface area contributed by atoms with Gasteiger partial charge in [0.1, 0.15) is 0 Å². The number of nitrogens with zero attached hydrogens (tertiary/aromatic N) is 1. The maximum atomic E-state index is 12.3. The Bertz CT molecular complexity index is 533. The fraction of sp³-hybridized carbons (Fsp3) is 0.588. The predicted octanol–water partition coefficient (Wildman–Crippen LogP) is 1.73. The number of amides is 1. The second kappa shape index (κ2) is 7.01. The minimum Gasteiger partial charge on any atom is -0.490 e. The highest BCUT2D eigenvalue weighted by Gasteiger charge is 2.21. The summed E-state index contributed by atoms with van der Waals surface area (Å²) in [6, 6.07) is 6.09. The Hall–Kier alpha value is -1.75. The molecule has 0 spiro atoms. The van der Waals surface area contributed by atoms with Crippen molar-refractivity contribution < 1.29 is 14.3 Å². The molecular weight excluding hydrogens is 280 g/mol. The number of nitrogens with two attached hydrogens (primary N) is 1. The number of likely N-dealkylation sites (tertiary alicyclic amines) is 1. The van der Waals surface area contributed by atoms with E-state index in [-0.39, 0.29) is 11.9 Å². The van der Waals surface area contributed by atoms with Gasteiger partial charge in [0.2, 0.25) is 5.91 Å². The van der Waals surface area contributed by atoms with E-state index in [0.29, 0.717) is 26.2 Å². The molecule has 0 aliphatic carbocycles. The molecule has 0 bridgehead atoms. The van der Waals surface area contributed by atoms with Gasteiger partial charge in [-0.25, -0.2) is 0 Å². The lowest BCUT2D eigenvalue weighted by Gasteiger charge is -2.30. The van der Waals surface area contributed by atoms with Gasteiger partial charge in [0.25, 0.3) is 0 Å². The van der Waals surface area contributed by atoms with E-state index in [1.54, 1.807) is 0 Å². The summed E-state index contributed by atoms with van der Waals surface area (Å²) in [4.78, 5) is 14.2. The van der Waals surface area contributed by atoms with Crippen LogP contribution in [-0.4, -0.2) is 43.2 Å². The van der Waals surface area contributed by atoms with Gasteiger partial charge in [0, 0.05) is 32.0 Å². The summed E-state index contributed by atoms with van der Waals surface area (Å²) < 4.78 is 11.3. The first-order valence-electron chi connectivity index (χ1n) is 8.14. The number of carbonyl (C=O) groups is 1. The average Bonchev–Trinajstić information content (AvgIpc) is 2.77. The van der Waals surface area contributed by atoms with Crippen LogP contribution in [0.1, 0.15) is 31.2 Å². The molecule has 0 aromatic heterocycles. The molecule has 3 rings (SSSR count). The highest BCUT2D eigenvalue weighted by molar-refractivity contribution is 5.76. The van der Waals surface area contributed by atoms with Crippen molar-refractivity contribution in [2.24, 2.45) is 5.73 Å². The first-order valence-corrected chi connectivity index (χ1v) is 8.14. The van der Waals surface area contributed by atoms with Crippen molar-refractivity contribution in [2.75, 3.05) is 26.3 Å². The average molecular weight is 304 g/mol. The van der Waals surface area contributed by atoms with Gasteiger partial charge in [0.05, 0.1) is 13.2 Å². The van der Waals surface area contributed by atoms with E-state index >= 15 is 0 Å². The number of hydrogen-bond donors (Lipinski definition) is 1. The quantitative estimate of drug-likeness (QED) is 0.923. The van der Waals surface area contributed by atoms with Crippen LogP contribution >= 0.6 is 0 Å². The number of ether oxygens (including phenoxy) is 2. The van der Waals surface area contributed by atoms with E-state index in [4.69, 9.17) is 15.2 Å². The van der Waals surface area contributed by atoms with Crippen LogP contribution in [0.25, 0.3) is 0 Å². The smallest absolute Gasteiger partial charge is 0.222 e. The molecular formula is C17H24N2O3. The molecule has 1 atom stereocenters. The third kappa shape index (κ3) is 3.71. The van der Waals surface area contributed by atoms with Crippen LogP contribution in [0.15, 0.2) is 18.2 Å². The van der Waals surface area contributed by atoms with Gasteiger partial charge in [-0.2, -0.15) is 0 Å². The molecule has 0 radical (unpaired) electrons. The van der Waals surface area contributed by atoms with E-state index in [0.717, 1.165) is 49.3 Å². The number of hydrogen-bond acceptors (Lipinski definition) is 4. The van der Waals surface area contributed by atoms with Crippen LogP contribution < -0.4 is 15.2 Å². The zero-order valence-electron chi connectivity index (χ0n) is 12.9. The molecule has 2 N–H and O–H groups in total. The fourth-order valence-electron chi connectivity index (χ4n) is 3.01. The molecule has 22 heavy (non-hydrogen) atoms. The maximum Gasteiger partial charge on any atom is 0.222 e. The Morgan fingerprint density at radius 1 is 1.23 bits per heavy atom. The number of carbonyl (C=O) groups excluding carboxylic acids is 1. The van der Waals surface area contributed by atoms with Gasteiger partial charge in [-0.15, -0.1) is 0 Å². The Morgan fingerprint density at radius 2 is 2.05 bits per heavy atom. The number of benzene rings is 1. The summed E-state index contributed by atoms with van der Waals surface area (Å²) in [5, 5.41) is 0. The van der Waals surface area contributed by atoms with Crippen molar-refractivity contribution in [3.05, 3.63) is 23.8 Å². The molecule has 5 nitrogen and oxygen atoms in total. The van der Waals surface area contributed by atoms with Crippen molar-refractivity contribution in [3.63, 3.8) is 0 Å². The van der Waals surface area contributed by atoms with Crippen LogP contribution in [0.4, 0.5) is 0 Å². The summed E-state index contributed by atoms with van der Waals surface area (Å²) in [6.45, 7) is 2.91. The highest BCUT2D eigenvalue weighted by Crippen LogP contribution is 2.30. The number of piperidine rings is 1. The molecule has 2 aliphatic heterocycles. The van der Waals surface area contributed by atoms with Crippen molar-refractivity contribution in [1.29, 1.82) is 0 Å². The van der Waals surface area contributed by atoms with E-state index in [9.17, 15) is 4.79 Å². The molecule has 5 heteroatoms. The molecule has 0 unspecified atom stereocenters. The van der Waals surface area contributed by atoms with Crippen molar-refractivity contribution in [1.82, 2.24) is 4.90 Å². The van der Waals surface area contributed by atoms with Gasteiger partial charge in [0.15, 0.2) is 11.5 Å². The zero-order chi connectivity index (χ0) is 15.4. The van der Waals surface area contributed by atoms with Gasteiger partial charge in [-0.3, -0.25) is 4.79 Å². The van der Waals surface area contributed by atoms with Crippen LogP contribution in [0, 0.1) is 0 Å². The Morgan fingerprint density at radius 3 is 2.86 bits per heavy atom. The molecule has 1 amide bonds. The van der Waals surface area contributed by atoms with Gasteiger partial charge in [-0.05, 0) is 37.0 Å². The number of fused-ring (bicyclic) bond motifs is 1. The first-order chi connectivity index (χ1) is 10.7. The molecule has 1 aromatic carbocycles. The third-order valence-electron chi connectivity index (χ3n) is 4.25. The van der Waals surface area contributed by atoms with Crippen molar-refractivity contribution >= 4 is 5.91 Å². The molecule has 1 fully saturated rings. The van der Waals surface area contributed by atoms with Crippen LogP contribution in [-0.2, 0) is 11.2 Å². The van der Waals surface area contributed by atoms with E-state index in [1.165, 1.54) is 0 Å². The summed E-state index contributed by atoms with van der Waals surface area (Å²) in [5.74, 6) is 1.79. The summed E-state index contributed by atoms with van der Waals surface area (Å²) in [7, 11) is 0. The standard InChI is InChI=1S/C17H24N2O3/c18-14-3-1-8-19(12-14)17(20)7-5-13-4-6-15-16(11-13)22-10-2-9-21-15/h4,6,11,14H,1-3,5,7-10,12,18H2/t14-/m0/s1. The van der Waals surface area contributed by atoms with E-state index < -0.39 is 0 Å². The normalized spacial score (nSPS) is 21.3. The minimum atomic E-state index is 0.135. The molecule has 120 valence electrons. The van der Waals surface area contributed by atoms with Gasteiger partial charge < -0.3 is 20.1 Å². The largest absolute Gasteiger partial charge is 0.490 e. The van der Waals surface area contributed by atoms with Crippen molar-refractivity contribution in [3.8, 4) is 11.5 Å². The SMILES string of the molecule is N[C@H]1CCCN(C(=O)CCc2ccc3c(c2)OCCCO3)C1. The lowest BCUT2D eigenvalue weighted by molar-refractivity contribution is -0.132. The second-order valence-electron chi connectivity index (χ2n) is 6.07. The van der Waals surface area contributed by atoms with E-state index in [2.05, 4.69) is 0 Å². The molecule has 2 heterocycles. The lowest BCUT2D eigenvalue weighted by Crippen LogP contribution is -2.45. The summed E-state index contributed by atoms with van der Waals surface area (Å²) >= 11 is 0. The molecule has 2 aliphatic rings.